The second-order valence-electron chi connectivity index (χ2n) is 3.27. The molecule has 0 aliphatic rings. The Balaban J connectivity index is 2.31. The third kappa shape index (κ3) is 4.55. The predicted octanol–water partition coefficient (Wildman–Crippen LogP) is 2.27. The van der Waals surface area contributed by atoms with Crippen LogP contribution >= 0.6 is 11.6 Å². The van der Waals surface area contributed by atoms with Gasteiger partial charge >= 0.3 is 0 Å². The SMILES string of the molecule is C=C(C)COCCNc1nc(Cl)ncc1F. The maximum absolute atomic E-state index is 13.1. The van der Waals surface area contributed by atoms with Gasteiger partial charge in [0.2, 0.25) is 5.28 Å². The summed E-state index contributed by atoms with van der Waals surface area (Å²) in [7, 11) is 0. The van der Waals surface area contributed by atoms with Crippen molar-refractivity contribution in [1.82, 2.24) is 9.97 Å². The molecule has 0 aliphatic carbocycles. The van der Waals surface area contributed by atoms with E-state index in [0.717, 1.165) is 11.8 Å². The molecule has 0 saturated heterocycles. The molecule has 1 heterocycles. The van der Waals surface area contributed by atoms with Crippen LogP contribution in [0, 0.1) is 5.82 Å². The summed E-state index contributed by atoms with van der Waals surface area (Å²) in [5.74, 6) is -0.455. The average molecular weight is 246 g/mol. The van der Waals surface area contributed by atoms with Crippen LogP contribution in [0.25, 0.3) is 0 Å². The van der Waals surface area contributed by atoms with E-state index in [9.17, 15) is 4.39 Å². The van der Waals surface area contributed by atoms with Crippen LogP contribution in [0.4, 0.5) is 10.2 Å². The molecule has 1 N–H and O–H groups in total. The Morgan fingerprint density at radius 3 is 3.12 bits per heavy atom. The molecule has 0 radical (unpaired) electrons. The zero-order valence-electron chi connectivity index (χ0n) is 8.96. The number of hydrogen-bond acceptors (Lipinski definition) is 4. The van der Waals surface area contributed by atoms with Gasteiger partial charge in [-0.3, -0.25) is 0 Å². The van der Waals surface area contributed by atoms with Crippen molar-refractivity contribution in [2.45, 2.75) is 6.92 Å². The van der Waals surface area contributed by atoms with Gasteiger partial charge in [0.25, 0.3) is 0 Å². The summed E-state index contributed by atoms with van der Waals surface area (Å²) in [5, 5.41) is 2.77. The molecule has 0 unspecified atom stereocenters. The van der Waals surface area contributed by atoms with E-state index in [0.29, 0.717) is 19.8 Å². The molecule has 1 rings (SSSR count). The minimum absolute atomic E-state index is 0.00625. The van der Waals surface area contributed by atoms with Gasteiger partial charge in [-0.1, -0.05) is 12.2 Å². The monoisotopic (exact) mass is 245 g/mol. The molecule has 88 valence electrons. The van der Waals surface area contributed by atoms with E-state index in [2.05, 4.69) is 21.9 Å². The Morgan fingerprint density at radius 1 is 1.69 bits per heavy atom. The van der Waals surface area contributed by atoms with Crippen LogP contribution in [-0.2, 0) is 4.74 Å². The summed E-state index contributed by atoms with van der Waals surface area (Å²) in [6.07, 6.45) is 1.02. The first-order valence-electron chi connectivity index (χ1n) is 4.73. The van der Waals surface area contributed by atoms with E-state index >= 15 is 0 Å². The quantitative estimate of drug-likeness (QED) is 0.475. The summed E-state index contributed by atoms with van der Waals surface area (Å²) in [6.45, 7) is 6.94. The topological polar surface area (TPSA) is 47.0 Å². The first-order chi connectivity index (χ1) is 7.59. The van der Waals surface area contributed by atoms with E-state index in [1.165, 1.54) is 0 Å². The Kier molecular flexibility index (Phi) is 5.14. The normalized spacial score (nSPS) is 10.2. The molecular weight excluding hydrogens is 233 g/mol. The molecule has 0 aromatic carbocycles. The zero-order chi connectivity index (χ0) is 12.0. The lowest BCUT2D eigenvalue weighted by Gasteiger charge is -2.07. The van der Waals surface area contributed by atoms with Crippen molar-refractivity contribution in [3.8, 4) is 0 Å². The third-order valence-electron chi connectivity index (χ3n) is 1.60. The minimum atomic E-state index is -0.538. The van der Waals surface area contributed by atoms with Crippen molar-refractivity contribution < 1.29 is 9.13 Å². The number of aromatic nitrogens is 2. The van der Waals surface area contributed by atoms with Crippen LogP contribution in [0.2, 0.25) is 5.28 Å². The van der Waals surface area contributed by atoms with Gasteiger partial charge in [-0.15, -0.1) is 0 Å². The minimum Gasteiger partial charge on any atom is -0.375 e. The van der Waals surface area contributed by atoms with Gasteiger partial charge in [0, 0.05) is 6.54 Å². The number of nitrogens with one attached hydrogen (secondary N) is 1. The fourth-order valence-corrected chi connectivity index (χ4v) is 1.09. The van der Waals surface area contributed by atoms with E-state index in [-0.39, 0.29) is 11.1 Å². The second kappa shape index (κ2) is 6.40. The molecule has 0 amide bonds. The fraction of sp³-hybridized carbons (Fsp3) is 0.400. The highest BCUT2D eigenvalue weighted by molar-refractivity contribution is 6.28. The third-order valence-corrected chi connectivity index (χ3v) is 1.78. The molecule has 4 nitrogen and oxygen atoms in total. The summed E-state index contributed by atoms with van der Waals surface area (Å²) < 4.78 is 18.3. The van der Waals surface area contributed by atoms with Crippen molar-refractivity contribution in [3.05, 3.63) is 29.4 Å². The Bertz CT molecular complexity index is 373. The summed E-state index contributed by atoms with van der Waals surface area (Å²) in [6, 6.07) is 0. The number of ether oxygens (including phenoxy) is 1. The number of rotatable bonds is 6. The van der Waals surface area contributed by atoms with Crippen molar-refractivity contribution in [2.75, 3.05) is 25.1 Å². The van der Waals surface area contributed by atoms with Crippen LogP contribution in [0.15, 0.2) is 18.3 Å². The molecular formula is C10H13ClFN3O. The van der Waals surface area contributed by atoms with Crippen LogP contribution < -0.4 is 5.32 Å². The summed E-state index contributed by atoms with van der Waals surface area (Å²) in [4.78, 5) is 7.20. The Morgan fingerprint density at radius 2 is 2.44 bits per heavy atom. The van der Waals surface area contributed by atoms with E-state index in [1.807, 2.05) is 6.92 Å². The van der Waals surface area contributed by atoms with Gasteiger partial charge < -0.3 is 10.1 Å². The number of nitrogens with zero attached hydrogens (tertiary/aromatic N) is 2. The highest BCUT2D eigenvalue weighted by atomic mass is 35.5. The smallest absolute Gasteiger partial charge is 0.224 e. The molecule has 0 fully saturated rings. The maximum atomic E-state index is 13.1. The molecule has 0 spiro atoms. The molecule has 1 aromatic rings. The Hall–Kier alpha value is -1.20. The van der Waals surface area contributed by atoms with E-state index in [4.69, 9.17) is 16.3 Å². The summed E-state index contributed by atoms with van der Waals surface area (Å²) in [5.41, 5.74) is 0.941. The Labute approximate surface area is 98.5 Å². The molecule has 0 aliphatic heterocycles. The molecule has 16 heavy (non-hydrogen) atoms. The average Bonchev–Trinajstić information content (AvgIpc) is 2.22. The maximum Gasteiger partial charge on any atom is 0.224 e. The fourth-order valence-electron chi connectivity index (χ4n) is 0.958. The molecule has 0 bridgehead atoms. The predicted molar refractivity (Wildman–Crippen MR) is 61.1 cm³/mol. The number of anilines is 1. The van der Waals surface area contributed by atoms with E-state index < -0.39 is 5.82 Å². The standard InChI is InChI=1S/C10H13ClFN3O/c1-7(2)6-16-4-3-13-9-8(12)5-14-10(11)15-9/h5H,1,3-4,6H2,2H3,(H,13,14,15). The van der Waals surface area contributed by atoms with Crippen LogP contribution in [0.1, 0.15) is 6.92 Å². The lowest BCUT2D eigenvalue weighted by atomic mass is 10.4. The van der Waals surface area contributed by atoms with Gasteiger partial charge in [0.1, 0.15) is 0 Å². The largest absolute Gasteiger partial charge is 0.375 e. The van der Waals surface area contributed by atoms with Gasteiger partial charge in [0.15, 0.2) is 11.6 Å². The molecule has 0 atom stereocenters. The lowest BCUT2D eigenvalue weighted by Crippen LogP contribution is -2.12. The van der Waals surface area contributed by atoms with Gasteiger partial charge in [0.05, 0.1) is 19.4 Å². The first-order valence-corrected chi connectivity index (χ1v) is 5.11. The van der Waals surface area contributed by atoms with Gasteiger partial charge in [-0.25, -0.2) is 9.37 Å². The number of halogens is 2. The highest BCUT2D eigenvalue weighted by Crippen LogP contribution is 2.11. The van der Waals surface area contributed by atoms with Gasteiger partial charge in [-0.2, -0.15) is 4.98 Å². The molecule has 0 saturated carbocycles. The lowest BCUT2D eigenvalue weighted by molar-refractivity contribution is 0.167. The van der Waals surface area contributed by atoms with Crippen LogP contribution in [0.3, 0.4) is 0 Å². The first kappa shape index (κ1) is 12.9. The van der Waals surface area contributed by atoms with Crippen molar-refractivity contribution in [1.29, 1.82) is 0 Å². The van der Waals surface area contributed by atoms with Crippen molar-refractivity contribution >= 4 is 17.4 Å². The zero-order valence-corrected chi connectivity index (χ0v) is 9.72. The second-order valence-corrected chi connectivity index (χ2v) is 3.61. The van der Waals surface area contributed by atoms with Crippen LogP contribution in [-0.4, -0.2) is 29.7 Å². The van der Waals surface area contributed by atoms with Gasteiger partial charge in [-0.05, 0) is 18.5 Å². The number of hydrogen-bond donors (Lipinski definition) is 1. The highest BCUT2D eigenvalue weighted by Gasteiger charge is 2.04. The van der Waals surface area contributed by atoms with Crippen LogP contribution in [0.5, 0.6) is 0 Å². The molecule has 1 aromatic heterocycles. The van der Waals surface area contributed by atoms with Crippen molar-refractivity contribution in [3.63, 3.8) is 0 Å². The van der Waals surface area contributed by atoms with E-state index in [1.54, 1.807) is 0 Å². The van der Waals surface area contributed by atoms with Crippen molar-refractivity contribution in [2.24, 2.45) is 0 Å². The molecule has 6 heteroatoms. The summed E-state index contributed by atoms with van der Waals surface area (Å²) >= 11 is 5.53.